The van der Waals surface area contributed by atoms with Crippen LogP contribution in [0, 0.1) is 0 Å². The van der Waals surface area contributed by atoms with Crippen LogP contribution in [0.1, 0.15) is 11.1 Å². The molecule has 0 aliphatic carbocycles. The van der Waals surface area contributed by atoms with E-state index in [1.807, 2.05) is 0 Å². The van der Waals surface area contributed by atoms with E-state index in [-0.39, 0.29) is 5.82 Å². The second-order valence-corrected chi connectivity index (χ2v) is 5.18. The van der Waals surface area contributed by atoms with Gasteiger partial charge in [0.1, 0.15) is 5.82 Å². The Bertz CT molecular complexity index is 630. The second-order valence-electron chi connectivity index (χ2n) is 4.34. The summed E-state index contributed by atoms with van der Waals surface area (Å²) >= 11 is 11.8. The van der Waals surface area contributed by atoms with Gasteiger partial charge in [0.15, 0.2) is 0 Å². The van der Waals surface area contributed by atoms with Gasteiger partial charge in [0.2, 0.25) is 0 Å². The number of hydrogen-bond donors (Lipinski definition) is 1. The van der Waals surface area contributed by atoms with Crippen molar-refractivity contribution in [1.82, 2.24) is 4.98 Å². The lowest BCUT2D eigenvalue weighted by Gasteiger charge is -2.10. The van der Waals surface area contributed by atoms with Crippen LogP contribution in [0.4, 0.5) is 19.0 Å². The average molecular weight is 335 g/mol. The Morgan fingerprint density at radius 3 is 2.52 bits per heavy atom. The van der Waals surface area contributed by atoms with Crippen molar-refractivity contribution in [3.8, 4) is 0 Å². The van der Waals surface area contributed by atoms with Crippen LogP contribution in [0.5, 0.6) is 0 Å². The molecule has 2 aromatic rings. The summed E-state index contributed by atoms with van der Waals surface area (Å²) in [7, 11) is 0. The molecule has 1 N–H and O–H groups in total. The fourth-order valence-corrected chi connectivity index (χ4v) is 2.26. The third-order valence-corrected chi connectivity index (χ3v) is 3.39. The lowest BCUT2D eigenvalue weighted by Crippen LogP contribution is -2.09. The van der Waals surface area contributed by atoms with Gasteiger partial charge in [0.25, 0.3) is 0 Å². The molecule has 0 unspecified atom stereocenters. The van der Waals surface area contributed by atoms with E-state index in [2.05, 4.69) is 10.3 Å². The highest BCUT2D eigenvalue weighted by atomic mass is 35.5. The summed E-state index contributed by atoms with van der Waals surface area (Å²) in [5.41, 5.74) is 0.130. The highest BCUT2D eigenvalue weighted by Crippen LogP contribution is 2.30. The molecule has 112 valence electrons. The summed E-state index contributed by atoms with van der Waals surface area (Å²) in [5, 5.41) is 3.91. The molecular formula is C14H11Cl2F3N2. The normalized spacial score (nSPS) is 11.5. The fourth-order valence-electron chi connectivity index (χ4n) is 1.75. The first kappa shape index (κ1) is 15.9. The monoisotopic (exact) mass is 334 g/mol. The molecule has 0 aliphatic rings. The quantitative estimate of drug-likeness (QED) is 0.845. The SMILES string of the molecule is FC(F)(F)c1ccnc(NCCc2ccc(Cl)cc2Cl)c1. The van der Waals surface area contributed by atoms with Crippen LogP contribution in [-0.4, -0.2) is 11.5 Å². The highest BCUT2D eigenvalue weighted by molar-refractivity contribution is 6.35. The Morgan fingerprint density at radius 2 is 1.86 bits per heavy atom. The van der Waals surface area contributed by atoms with E-state index < -0.39 is 11.7 Å². The van der Waals surface area contributed by atoms with Crippen molar-refractivity contribution in [3.05, 3.63) is 57.7 Å². The Hall–Kier alpha value is -1.46. The number of nitrogens with one attached hydrogen (secondary N) is 1. The van der Waals surface area contributed by atoms with Crippen LogP contribution < -0.4 is 5.32 Å². The van der Waals surface area contributed by atoms with Crippen molar-refractivity contribution in [1.29, 1.82) is 0 Å². The summed E-state index contributed by atoms with van der Waals surface area (Å²) in [6.07, 6.45) is -2.70. The van der Waals surface area contributed by atoms with Crippen molar-refractivity contribution in [2.75, 3.05) is 11.9 Å². The number of hydrogen-bond acceptors (Lipinski definition) is 2. The third-order valence-electron chi connectivity index (χ3n) is 2.80. The number of nitrogens with zero attached hydrogens (tertiary/aromatic N) is 1. The van der Waals surface area contributed by atoms with Gasteiger partial charge in [-0.3, -0.25) is 0 Å². The summed E-state index contributed by atoms with van der Waals surface area (Å²) in [4.78, 5) is 3.86. The van der Waals surface area contributed by atoms with Crippen LogP contribution in [-0.2, 0) is 12.6 Å². The molecule has 0 radical (unpaired) electrons. The van der Waals surface area contributed by atoms with Gasteiger partial charge in [-0.05, 0) is 36.2 Å². The van der Waals surface area contributed by atoms with Crippen LogP contribution in [0.25, 0.3) is 0 Å². The molecule has 1 aromatic heterocycles. The van der Waals surface area contributed by atoms with Crippen molar-refractivity contribution in [2.45, 2.75) is 12.6 Å². The first-order valence-electron chi connectivity index (χ1n) is 6.07. The summed E-state index contributed by atoms with van der Waals surface area (Å²) < 4.78 is 37.7. The molecule has 0 saturated heterocycles. The van der Waals surface area contributed by atoms with E-state index in [1.165, 1.54) is 0 Å². The van der Waals surface area contributed by atoms with Gasteiger partial charge in [-0.1, -0.05) is 29.3 Å². The van der Waals surface area contributed by atoms with Crippen LogP contribution in [0.3, 0.4) is 0 Å². The lowest BCUT2D eigenvalue weighted by atomic mass is 10.1. The minimum absolute atomic E-state index is 0.176. The minimum atomic E-state index is -4.38. The number of halogens is 5. The molecule has 2 rings (SSSR count). The molecule has 0 bridgehead atoms. The Kier molecular flexibility index (Phi) is 4.96. The maximum atomic E-state index is 12.6. The molecule has 0 amide bonds. The molecule has 1 heterocycles. The Labute approximate surface area is 129 Å². The predicted octanol–water partition coefficient (Wildman–Crippen LogP) is 5.06. The average Bonchev–Trinajstić information content (AvgIpc) is 2.41. The third kappa shape index (κ3) is 4.51. The number of rotatable bonds is 4. The van der Waals surface area contributed by atoms with Crippen molar-refractivity contribution in [2.24, 2.45) is 0 Å². The summed E-state index contributed by atoms with van der Waals surface area (Å²) in [6.45, 7) is 0.412. The second kappa shape index (κ2) is 6.54. The number of alkyl halides is 3. The summed E-state index contributed by atoms with van der Waals surface area (Å²) in [5.74, 6) is 0.176. The first-order valence-corrected chi connectivity index (χ1v) is 6.83. The number of benzene rings is 1. The molecule has 7 heteroatoms. The van der Waals surface area contributed by atoms with E-state index in [9.17, 15) is 13.2 Å². The van der Waals surface area contributed by atoms with Gasteiger partial charge < -0.3 is 5.32 Å². The number of pyridine rings is 1. The van der Waals surface area contributed by atoms with Crippen molar-refractivity contribution in [3.63, 3.8) is 0 Å². The van der Waals surface area contributed by atoms with Crippen LogP contribution >= 0.6 is 23.2 Å². The van der Waals surface area contributed by atoms with E-state index in [1.54, 1.807) is 18.2 Å². The molecule has 0 saturated carbocycles. The maximum Gasteiger partial charge on any atom is 0.416 e. The largest absolute Gasteiger partial charge is 0.416 e. The minimum Gasteiger partial charge on any atom is -0.370 e. The van der Waals surface area contributed by atoms with Crippen LogP contribution in [0.15, 0.2) is 36.5 Å². The van der Waals surface area contributed by atoms with Gasteiger partial charge in [0, 0.05) is 22.8 Å². The molecule has 2 nitrogen and oxygen atoms in total. The topological polar surface area (TPSA) is 24.9 Å². The smallest absolute Gasteiger partial charge is 0.370 e. The molecule has 0 fully saturated rings. The molecular weight excluding hydrogens is 324 g/mol. The van der Waals surface area contributed by atoms with Gasteiger partial charge in [-0.15, -0.1) is 0 Å². The molecule has 0 spiro atoms. The Morgan fingerprint density at radius 1 is 1.10 bits per heavy atom. The van der Waals surface area contributed by atoms with Gasteiger partial charge >= 0.3 is 6.18 Å². The first-order chi connectivity index (χ1) is 9.86. The molecule has 0 aliphatic heterocycles. The summed E-state index contributed by atoms with van der Waals surface area (Å²) in [6, 6.07) is 7.03. The molecule has 1 aromatic carbocycles. The van der Waals surface area contributed by atoms with Gasteiger partial charge in [0.05, 0.1) is 5.56 Å². The van der Waals surface area contributed by atoms with Crippen LogP contribution in [0.2, 0.25) is 10.0 Å². The maximum absolute atomic E-state index is 12.6. The zero-order chi connectivity index (χ0) is 15.5. The zero-order valence-electron chi connectivity index (χ0n) is 10.7. The lowest BCUT2D eigenvalue weighted by molar-refractivity contribution is -0.137. The molecule has 0 atom stereocenters. The predicted molar refractivity (Wildman–Crippen MR) is 77.9 cm³/mol. The van der Waals surface area contributed by atoms with E-state index in [0.717, 1.165) is 23.9 Å². The standard InChI is InChI=1S/C14H11Cl2F3N2/c15-11-2-1-9(12(16)8-11)3-5-20-13-7-10(4-6-21-13)14(17,18)19/h1-2,4,6-8H,3,5H2,(H,20,21). The van der Waals surface area contributed by atoms with Crippen molar-refractivity contribution < 1.29 is 13.2 Å². The number of anilines is 1. The number of aromatic nitrogens is 1. The van der Waals surface area contributed by atoms with Gasteiger partial charge in [-0.2, -0.15) is 13.2 Å². The highest BCUT2D eigenvalue weighted by Gasteiger charge is 2.30. The zero-order valence-corrected chi connectivity index (χ0v) is 12.2. The molecule has 21 heavy (non-hydrogen) atoms. The van der Waals surface area contributed by atoms with Gasteiger partial charge in [-0.25, -0.2) is 4.98 Å². The van der Waals surface area contributed by atoms with E-state index >= 15 is 0 Å². The van der Waals surface area contributed by atoms with Crippen molar-refractivity contribution >= 4 is 29.0 Å². The van der Waals surface area contributed by atoms with E-state index in [4.69, 9.17) is 23.2 Å². The Balaban J connectivity index is 1.97. The van der Waals surface area contributed by atoms with E-state index in [0.29, 0.717) is 23.0 Å². The fraction of sp³-hybridized carbons (Fsp3) is 0.214.